The molecule has 5 rings (SSSR count). The monoisotopic (exact) mass is 481 g/mol. The summed E-state index contributed by atoms with van der Waals surface area (Å²) in [6.45, 7) is 12.4. The van der Waals surface area contributed by atoms with E-state index in [-0.39, 0.29) is 11.5 Å². The molecule has 0 atom stereocenters. The highest BCUT2D eigenvalue weighted by Crippen LogP contribution is 2.31. The van der Waals surface area contributed by atoms with Crippen molar-refractivity contribution in [3.8, 4) is 0 Å². The van der Waals surface area contributed by atoms with Gasteiger partial charge in [-0.1, -0.05) is 18.9 Å². The van der Waals surface area contributed by atoms with Crippen LogP contribution in [0.15, 0.2) is 18.2 Å². The van der Waals surface area contributed by atoms with E-state index >= 15 is 0 Å². The molecule has 0 bridgehead atoms. The molecule has 194 valence electrons. The summed E-state index contributed by atoms with van der Waals surface area (Å²) >= 11 is 0. The van der Waals surface area contributed by atoms with Crippen molar-refractivity contribution in [2.45, 2.75) is 103 Å². The molecule has 0 unspecified atom stereocenters. The third kappa shape index (κ3) is 6.22. The number of ether oxygens (including phenoxy) is 1. The Morgan fingerprint density at radius 1 is 0.829 bits per heavy atom. The van der Waals surface area contributed by atoms with E-state index in [1.165, 1.54) is 57.3 Å². The molecule has 3 fully saturated rings. The maximum absolute atomic E-state index is 13.2. The van der Waals surface area contributed by atoms with Crippen LogP contribution in [0.4, 0.5) is 5.69 Å². The Kier molecular flexibility index (Phi) is 7.74. The Balaban J connectivity index is 1.11. The molecule has 0 N–H and O–H groups in total. The van der Waals surface area contributed by atoms with Gasteiger partial charge in [0, 0.05) is 56.9 Å². The molecule has 2 saturated carbocycles. The number of hydrogen-bond acceptors (Lipinski definition) is 4. The molecule has 4 aliphatic rings. The zero-order valence-corrected chi connectivity index (χ0v) is 22.4. The van der Waals surface area contributed by atoms with Gasteiger partial charge in [0.05, 0.1) is 11.7 Å². The number of nitrogens with zero attached hydrogens (tertiary/aromatic N) is 3. The number of carbonyl (C=O) groups excluding carboxylic acids is 1. The van der Waals surface area contributed by atoms with Gasteiger partial charge in [-0.15, -0.1) is 0 Å². The molecule has 0 spiro atoms. The number of hydrogen-bond donors (Lipinski definition) is 0. The van der Waals surface area contributed by atoms with Crippen LogP contribution < -0.4 is 4.90 Å². The van der Waals surface area contributed by atoms with Gasteiger partial charge in [-0.05, 0) is 95.4 Å². The molecule has 5 nitrogen and oxygen atoms in total. The molecule has 2 aliphatic heterocycles. The lowest BCUT2D eigenvalue weighted by Crippen LogP contribution is -2.51. The van der Waals surface area contributed by atoms with E-state index in [0.29, 0.717) is 12.0 Å². The standard InChI is InChI=1S/C30H47N3O2/c1-30(2,3)35-28-12-9-24(10-13-28)29(34)33-20-18-32(19-21-33)27-11-8-23-14-16-31(17-15-25(23)22-27)26-6-4-5-7-26/h8,11,22,24,26,28H,4-7,9-10,12-21H2,1-3H3/t24-,28+. The van der Waals surface area contributed by atoms with Gasteiger partial charge < -0.3 is 14.5 Å². The first-order valence-electron chi connectivity index (χ1n) is 14.4. The van der Waals surface area contributed by atoms with Gasteiger partial charge in [0.15, 0.2) is 0 Å². The van der Waals surface area contributed by atoms with Crippen LogP contribution in [0.5, 0.6) is 0 Å². The van der Waals surface area contributed by atoms with Gasteiger partial charge >= 0.3 is 0 Å². The summed E-state index contributed by atoms with van der Waals surface area (Å²) in [6, 6.07) is 8.01. The van der Waals surface area contributed by atoms with Crippen LogP contribution in [0, 0.1) is 5.92 Å². The van der Waals surface area contributed by atoms with Gasteiger partial charge in [-0.25, -0.2) is 0 Å². The number of anilines is 1. The quantitative estimate of drug-likeness (QED) is 0.603. The second-order valence-corrected chi connectivity index (χ2v) is 12.4. The first kappa shape index (κ1) is 25.1. The minimum absolute atomic E-state index is 0.0943. The summed E-state index contributed by atoms with van der Waals surface area (Å²) in [7, 11) is 0. The summed E-state index contributed by atoms with van der Waals surface area (Å²) < 4.78 is 6.16. The summed E-state index contributed by atoms with van der Waals surface area (Å²) in [5, 5.41) is 0. The number of piperazine rings is 1. The minimum atomic E-state index is -0.0943. The van der Waals surface area contributed by atoms with E-state index in [0.717, 1.165) is 57.9 Å². The van der Waals surface area contributed by atoms with Crippen molar-refractivity contribution in [3.63, 3.8) is 0 Å². The molecule has 1 aromatic rings. The summed E-state index contributed by atoms with van der Waals surface area (Å²) in [6.07, 6.45) is 12.3. The Morgan fingerprint density at radius 3 is 2.14 bits per heavy atom. The third-order valence-corrected chi connectivity index (χ3v) is 8.87. The maximum atomic E-state index is 13.2. The van der Waals surface area contributed by atoms with Gasteiger partial charge in [-0.3, -0.25) is 9.69 Å². The molecule has 5 heteroatoms. The van der Waals surface area contributed by atoms with Gasteiger partial charge in [-0.2, -0.15) is 0 Å². The average molecular weight is 482 g/mol. The molecule has 2 heterocycles. The van der Waals surface area contributed by atoms with Crippen LogP contribution in [0.2, 0.25) is 0 Å². The Bertz CT molecular complexity index is 857. The Morgan fingerprint density at radius 2 is 1.49 bits per heavy atom. The van der Waals surface area contributed by atoms with Crippen molar-refractivity contribution >= 4 is 11.6 Å². The lowest BCUT2D eigenvalue weighted by atomic mass is 9.86. The van der Waals surface area contributed by atoms with Gasteiger partial charge in [0.2, 0.25) is 5.91 Å². The number of carbonyl (C=O) groups is 1. The maximum Gasteiger partial charge on any atom is 0.225 e. The summed E-state index contributed by atoms with van der Waals surface area (Å²) in [5.74, 6) is 0.574. The SMILES string of the molecule is CC(C)(C)O[C@H]1CC[C@@H](C(=O)N2CCN(c3ccc4c(c3)CCN(C3CCCC3)CC4)CC2)CC1. The average Bonchev–Trinajstić information content (AvgIpc) is 3.30. The van der Waals surface area contributed by atoms with Crippen molar-refractivity contribution in [2.75, 3.05) is 44.2 Å². The van der Waals surface area contributed by atoms with Crippen molar-refractivity contribution in [1.29, 1.82) is 0 Å². The first-order valence-corrected chi connectivity index (χ1v) is 14.4. The fourth-order valence-corrected chi connectivity index (χ4v) is 6.93. The number of benzene rings is 1. The predicted molar refractivity (Wildman–Crippen MR) is 143 cm³/mol. The van der Waals surface area contributed by atoms with Crippen molar-refractivity contribution in [3.05, 3.63) is 29.3 Å². The molecular weight excluding hydrogens is 434 g/mol. The van der Waals surface area contributed by atoms with Crippen molar-refractivity contribution in [1.82, 2.24) is 9.80 Å². The van der Waals surface area contributed by atoms with E-state index in [4.69, 9.17) is 4.74 Å². The molecule has 2 aliphatic carbocycles. The van der Waals surface area contributed by atoms with E-state index in [1.54, 1.807) is 11.1 Å². The van der Waals surface area contributed by atoms with Crippen LogP contribution in [-0.4, -0.2) is 72.7 Å². The Hall–Kier alpha value is -1.59. The van der Waals surface area contributed by atoms with Crippen molar-refractivity contribution < 1.29 is 9.53 Å². The normalized spacial score (nSPS) is 27.1. The lowest BCUT2D eigenvalue weighted by Gasteiger charge is -2.39. The highest BCUT2D eigenvalue weighted by atomic mass is 16.5. The molecule has 0 radical (unpaired) electrons. The highest BCUT2D eigenvalue weighted by molar-refractivity contribution is 5.79. The number of rotatable bonds is 4. The van der Waals surface area contributed by atoms with E-state index in [9.17, 15) is 4.79 Å². The molecule has 35 heavy (non-hydrogen) atoms. The largest absolute Gasteiger partial charge is 0.373 e. The van der Waals surface area contributed by atoms with Crippen LogP contribution in [0.1, 0.15) is 83.3 Å². The molecular formula is C30H47N3O2. The van der Waals surface area contributed by atoms with Gasteiger partial charge in [0.1, 0.15) is 0 Å². The van der Waals surface area contributed by atoms with E-state index in [1.807, 2.05) is 0 Å². The van der Waals surface area contributed by atoms with E-state index < -0.39 is 0 Å². The fraction of sp³-hybridized carbons (Fsp3) is 0.767. The summed E-state index contributed by atoms with van der Waals surface area (Å²) in [5.41, 5.74) is 4.36. The summed E-state index contributed by atoms with van der Waals surface area (Å²) in [4.78, 5) is 20.6. The highest BCUT2D eigenvalue weighted by Gasteiger charge is 2.33. The zero-order valence-electron chi connectivity index (χ0n) is 22.4. The zero-order chi connectivity index (χ0) is 24.4. The van der Waals surface area contributed by atoms with Crippen LogP contribution in [0.25, 0.3) is 0 Å². The van der Waals surface area contributed by atoms with Crippen molar-refractivity contribution in [2.24, 2.45) is 5.92 Å². The van der Waals surface area contributed by atoms with Crippen LogP contribution in [-0.2, 0) is 22.4 Å². The second kappa shape index (κ2) is 10.8. The molecule has 1 saturated heterocycles. The topological polar surface area (TPSA) is 36.0 Å². The Labute approximate surface area is 213 Å². The molecule has 1 amide bonds. The molecule has 0 aromatic heterocycles. The fourth-order valence-electron chi connectivity index (χ4n) is 6.93. The van der Waals surface area contributed by atoms with E-state index in [2.05, 4.69) is 53.7 Å². The number of fused-ring (bicyclic) bond motifs is 1. The minimum Gasteiger partial charge on any atom is -0.373 e. The predicted octanol–water partition coefficient (Wildman–Crippen LogP) is 5.05. The molecule has 1 aromatic carbocycles. The van der Waals surface area contributed by atoms with Crippen LogP contribution >= 0.6 is 0 Å². The van der Waals surface area contributed by atoms with Gasteiger partial charge in [0.25, 0.3) is 0 Å². The first-order chi connectivity index (χ1) is 16.9. The third-order valence-electron chi connectivity index (χ3n) is 8.87. The lowest BCUT2D eigenvalue weighted by molar-refractivity contribution is -0.139. The van der Waals surface area contributed by atoms with Crippen LogP contribution in [0.3, 0.4) is 0 Å². The number of amides is 1. The second-order valence-electron chi connectivity index (χ2n) is 12.4. The smallest absolute Gasteiger partial charge is 0.225 e.